The predicted molar refractivity (Wildman–Crippen MR) is 54.7 cm³/mol. The lowest BCUT2D eigenvalue weighted by atomic mass is 10.6. The summed E-state index contributed by atoms with van der Waals surface area (Å²) in [6, 6.07) is 0. The number of rotatable bonds is 5. The first-order chi connectivity index (χ1) is 6.93. The average molecular weight is 253 g/mol. The van der Waals surface area contributed by atoms with E-state index in [9.17, 15) is 13.2 Å². The zero-order valence-electron chi connectivity index (χ0n) is 7.55. The third-order valence-corrected chi connectivity index (χ3v) is 3.06. The maximum atomic E-state index is 11.0. The summed E-state index contributed by atoms with van der Waals surface area (Å²) in [4.78, 5) is 10.5. The van der Waals surface area contributed by atoms with Crippen molar-refractivity contribution < 1.29 is 13.2 Å². The van der Waals surface area contributed by atoms with Crippen LogP contribution in [0.1, 0.15) is 0 Å². The molecule has 0 aliphatic carbocycles. The van der Waals surface area contributed by atoms with E-state index in [1.54, 1.807) is 0 Å². The fourth-order valence-corrected chi connectivity index (χ4v) is 1.55. The molecule has 0 radical (unpaired) electrons. The van der Waals surface area contributed by atoms with Gasteiger partial charge < -0.3 is 5.73 Å². The number of hydrogen-bond acceptors (Lipinski definition) is 4. The molecule has 15 heavy (non-hydrogen) atoms. The van der Waals surface area contributed by atoms with Crippen molar-refractivity contribution in [1.29, 1.82) is 0 Å². The van der Waals surface area contributed by atoms with E-state index in [1.807, 2.05) is 0 Å². The molecule has 1 heterocycles. The van der Waals surface area contributed by atoms with Gasteiger partial charge in [0.2, 0.25) is 15.9 Å². The molecule has 1 aromatic rings. The lowest BCUT2D eigenvalue weighted by Crippen LogP contribution is -2.18. The number of carbonyl (C=O) groups excluding carboxylic acids is 1. The zero-order chi connectivity index (χ0) is 11.5. The number of nitrogens with one attached hydrogen (secondary N) is 1. The second kappa shape index (κ2) is 4.49. The molecule has 0 aliphatic heterocycles. The normalized spacial score (nSPS) is 11.3. The Labute approximate surface area is 91.2 Å². The number of nitrogens with zero attached hydrogens (tertiary/aromatic N) is 2. The van der Waals surface area contributed by atoms with Crippen LogP contribution in [0.4, 0.5) is 5.69 Å². The van der Waals surface area contributed by atoms with Gasteiger partial charge in [0.1, 0.15) is 11.8 Å². The maximum absolute atomic E-state index is 11.0. The van der Waals surface area contributed by atoms with Crippen LogP contribution in [0.25, 0.3) is 0 Å². The molecular weight excluding hydrogens is 244 g/mol. The molecule has 0 bridgehead atoms. The minimum atomic E-state index is -3.54. The Morgan fingerprint density at radius 2 is 2.33 bits per heavy atom. The maximum Gasteiger partial charge on any atom is 0.246 e. The molecule has 0 aromatic carbocycles. The molecule has 1 rings (SSSR count). The number of carbonyl (C=O) groups is 1. The number of halogens is 1. The van der Waals surface area contributed by atoms with Crippen molar-refractivity contribution in [3.05, 3.63) is 12.4 Å². The van der Waals surface area contributed by atoms with Crippen molar-refractivity contribution in [3.8, 4) is 0 Å². The quantitative estimate of drug-likeness (QED) is 0.676. The van der Waals surface area contributed by atoms with Crippen LogP contribution in [0.15, 0.2) is 12.4 Å². The third-order valence-electron chi connectivity index (χ3n) is 1.37. The van der Waals surface area contributed by atoms with Gasteiger partial charge in [0.15, 0.2) is 0 Å². The van der Waals surface area contributed by atoms with E-state index in [2.05, 4.69) is 9.82 Å². The van der Waals surface area contributed by atoms with Crippen molar-refractivity contribution in [2.45, 2.75) is 6.54 Å². The van der Waals surface area contributed by atoms with Gasteiger partial charge in [-0.25, -0.2) is 8.42 Å². The van der Waals surface area contributed by atoms with Crippen molar-refractivity contribution in [2.75, 3.05) is 9.93 Å². The van der Waals surface area contributed by atoms with Crippen molar-refractivity contribution in [1.82, 2.24) is 9.78 Å². The van der Waals surface area contributed by atoms with Crippen molar-refractivity contribution in [2.24, 2.45) is 5.73 Å². The van der Waals surface area contributed by atoms with Gasteiger partial charge in [0, 0.05) is 6.20 Å². The van der Waals surface area contributed by atoms with Crippen LogP contribution in [-0.4, -0.2) is 29.3 Å². The van der Waals surface area contributed by atoms with Gasteiger partial charge in [0.05, 0.1) is 11.9 Å². The van der Waals surface area contributed by atoms with Crippen LogP contribution < -0.4 is 10.5 Å². The molecular formula is C6H9ClN4O3S. The predicted octanol–water partition coefficient (Wildman–Crippen LogP) is -0.694. The molecule has 9 heteroatoms. The molecule has 0 saturated carbocycles. The Balaban J connectivity index is 2.73. The molecule has 0 aliphatic rings. The molecule has 1 aromatic heterocycles. The number of anilines is 1. The number of aromatic nitrogens is 2. The fourth-order valence-electron chi connectivity index (χ4n) is 0.869. The number of sulfonamides is 1. The average Bonchev–Trinajstić information content (AvgIpc) is 2.50. The molecule has 84 valence electrons. The second-order valence-electron chi connectivity index (χ2n) is 2.72. The number of nitrogens with two attached hydrogens (primary N) is 1. The third kappa shape index (κ3) is 3.76. The lowest BCUT2D eigenvalue weighted by molar-refractivity contribution is -0.118. The van der Waals surface area contributed by atoms with Crippen LogP contribution in [0.5, 0.6) is 0 Å². The Bertz CT molecular complexity index is 455. The summed E-state index contributed by atoms with van der Waals surface area (Å²) in [5.74, 6) is -0.565. The highest BCUT2D eigenvalue weighted by Crippen LogP contribution is 2.08. The van der Waals surface area contributed by atoms with Crippen LogP contribution in [0.2, 0.25) is 0 Å². The zero-order valence-corrected chi connectivity index (χ0v) is 9.12. The van der Waals surface area contributed by atoms with E-state index in [4.69, 9.17) is 17.3 Å². The number of alkyl halides is 1. The summed E-state index contributed by atoms with van der Waals surface area (Å²) in [5, 5.41) is 3.17. The van der Waals surface area contributed by atoms with Gasteiger partial charge in [-0.1, -0.05) is 0 Å². The Hall–Kier alpha value is -1.28. The first kappa shape index (κ1) is 11.8. The van der Waals surface area contributed by atoms with Gasteiger partial charge in [-0.2, -0.15) is 5.10 Å². The molecule has 0 spiro atoms. The standard InChI is InChI=1S/C6H9ClN4O3S/c7-4-15(13,14)10-5-1-9-11(2-5)3-6(8)12/h1-2,10H,3-4H2,(H2,8,12). The SMILES string of the molecule is NC(=O)Cn1cc(NS(=O)(=O)CCl)cn1. The first-order valence-corrected chi connectivity index (χ1v) is 5.99. The molecule has 1 amide bonds. The highest BCUT2D eigenvalue weighted by Gasteiger charge is 2.09. The van der Waals surface area contributed by atoms with E-state index in [0.29, 0.717) is 0 Å². The fraction of sp³-hybridized carbons (Fsp3) is 0.333. The monoisotopic (exact) mass is 252 g/mol. The largest absolute Gasteiger partial charge is 0.368 e. The molecule has 0 atom stereocenters. The van der Waals surface area contributed by atoms with Gasteiger partial charge >= 0.3 is 0 Å². The number of amides is 1. The van der Waals surface area contributed by atoms with Crippen LogP contribution in [0.3, 0.4) is 0 Å². The highest BCUT2D eigenvalue weighted by atomic mass is 35.5. The first-order valence-electron chi connectivity index (χ1n) is 3.80. The van der Waals surface area contributed by atoms with Gasteiger partial charge in [-0.15, -0.1) is 11.6 Å². The van der Waals surface area contributed by atoms with Crippen molar-refractivity contribution in [3.63, 3.8) is 0 Å². The second-order valence-corrected chi connectivity index (χ2v) is 5.03. The minimum absolute atomic E-state index is 0.109. The Morgan fingerprint density at radius 3 is 2.87 bits per heavy atom. The summed E-state index contributed by atoms with van der Waals surface area (Å²) in [6.07, 6.45) is 2.60. The number of primary amides is 1. The Morgan fingerprint density at radius 1 is 1.67 bits per heavy atom. The van der Waals surface area contributed by atoms with E-state index in [1.165, 1.54) is 17.1 Å². The van der Waals surface area contributed by atoms with Crippen LogP contribution in [0, 0.1) is 0 Å². The van der Waals surface area contributed by atoms with Gasteiger partial charge in [0.25, 0.3) is 0 Å². The summed E-state index contributed by atoms with van der Waals surface area (Å²) < 4.78 is 25.4. The Kier molecular flexibility index (Phi) is 3.53. The van der Waals surface area contributed by atoms with Crippen molar-refractivity contribution >= 4 is 33.2 Å². The summed E-state index contributed by atoms with van der Waals surface area (Å²) >= 11 is 5.18. The van der Waals surface area contributed by atoms with E-state index in [0.717, 1.165) is 0 Å². The van der Waals surface area contributed by atoms with Crippen LogP contribution in [-0.2, 0) is 21.4 Å². The summed E-state index contributed by atoms with van der Waals surface area (Å²) in [5.41, 5.74) is 5.16. The lowest BCUT2D eigenvalue weighted by Gasteiger charge is -2.00. The van der Waals surface area contributed by atoms with Crippen LogP contribution >= 0.6 is 11.6 Å². The van der Waals surface area contributed by atoms with E-state index in [-0.39, 0.29) is 12.2 Å². The molecule has 7 nitrogen and oxygen atoms in total. The molecule has 3 N–H and O–H groups in total. The van der Waals surface area contributed by atoms with E-state index < -0.39 is 21.1 Å². The molecule has 0 unspecified atom stereocenters. The van der Waals surface area contributed by atoms with Gasteiger partial charge in [-0.05, 0) is 0 Å². The van der Waals surface area contributed by atoms with E-state index >= 15 is 0 Å². The van der Waals surface area contributed by atoms with Gasteiger partial charge in [-0.3, -0.25) is 14.2 Å². The number of hydrogen-bond donors (Lipinski definition) is 2. The molecule has 0 saturated heterocycles. The molecule has 0 fully saturated rings. The smallest absolute Gasteiger partial charge is 0.246 e. The highest BCUT2D eigenvalue weighted by molar-refractivity contribution is 7.93. The minimum Gasteiger partial charge on any atom is -0.368 e. The summed E-state index contributed by atoms with van der Waals surface area (Å²) in [7, 11) is -3.54. The topological polar surface area (TPSA) is 107 Å². The summed E-state index contributed by atoms with van der Waals surface area (Å²) in [6.45, 7) is -0.109.